The standard InChI is InChI=1S/C20H31N3O3/c1-6-20(17(21)24)10-7-11-23(13-20)18(25)22-15-12-14(19(2,3)4)8-9-16(15)26-5/h8-9,12H,6-7,10-11,13H2,1-5H3,(H2,21,24)(H,22,25). The van der Waals surface area contributed by atoms with Crippen molar-refractivity contribution in [1.82, 2.24) is 4.90 Å². The molecule has 26 heavy (non-hydrogen) atoms. The number of piperidine rings is 1. The van der Waals surface area contributed by atoms with Crippen molar-refractivity contribution < 1.29 is 14.3 Å². The number of ether oxygens (including phenoxy) is 1. The fourth-order valence-corrected chi connectivity index (χ4v) is 3.44. The van der Waals surface area contributed by atoms with E-state index in [1.165, 1.54) is 0 Å². The lowest BCUT2D eigenvalue weighted by molar-refractivity contribution is -0.130. The number of primary amides is 1. The van der Waals surface area contributed by atoms with Crippen LogP contribution in [-0.2, 0) is 10.2 Å². The van der Waals surface area contributed by atoms with Gasteiger partial charge in [0.1, 0.15) is 5.75 Å². The van der Waals surface area contributed by atoms with Gasteiger partial charge in [-0.15, -0.1) is 0 Å². The molecule has 1 heterocycles. The fraction of sp³-hybridized carbons (Fsp3) is 0.600. The Bertz CT molecular complexity index is 681. The number of nitrogens with two attached hydrogens (primary N) is 1. The molecule has 0 radical (unpaired) electrons. The van der Waals surface area contributed by atoms with Crippen LogP contribution in [0.2, 0.25) is 0 Å². The van der Waals surface area contributed by atoms with Gasteiger partial charge < -0.3 is 20.7 Å². The highest BCUT2D eigenvalue weighted by Gasteiger charge is 2.40. The molecule has 1 fully saturated rings. The summed E-state index contributed by atoms with van der Waals surface area (Å²) >= 11 is 0. The van der Waals surface area contributed by atoms with Crippen LogP contribution < -0.4 is 15.8 Å². The molecule has 3 N–H and O–H groups in total. The Labute approximate surface area is 156 Å². The number of nitrogens with one attached hydrogen (secondary N) is 1. The van der Waals surface area contributed by atoms with Crippen molar-refractivity contribution in [2.45, 2.75) is 52.4 Å². The largest absolute Gasteiger partial charge is 0.495 e. The molecule has 3 amide bonds. The highest BCUT2D eigenvalue weighted by molar-refractivity contribution is 5.92. The van der Waals surface area contributed by atoms with Crippen LogP contribution in [0.4, 0.5) is 10.5 Å². The van der Waals surface area contributed by atoms with E-state index in [1.54, 1.807) is 12.0 Å². The number of hydrogen-bond donors (Lipinski definition) is 2. The van der Waals surface area contributed by atoms with E-state index in [4.69, 9.17) is 10.5 Å². The summed E-state index contributed by atoms with van der Waals surface area (Å²) in [5.74, 6) is 0.282. The maximum atomic E-state index is 12.8. The highest BCUT2D eigenvalue weighted by atomic mass is 16.5. The Morgan fingerprint density at radius 2 is 2.04 bits per heavy atom. The van der Waals surface area contributed by atoms with Gasteiger partial charge in [0.15, 0.2) is 0 Å². The number of carbonyl (C=O) groups is 2. The van der Waals surface area contributed by atoms with Gasteiger partial charge in [0.25, 0.3) is 0 Å². The maximum Gasteiger partial charge on any atom is 0.321 e. The first-order valence-electron chi connectivity index (χ1n) is 9.17. The zero-order valence-corrected chi connectivity index (χ0v) is 16.5. The molecular weight excluding hydrogens is 330 g/mol. The van der Waals surface area contributed by atoms with E-state index in [-0.39, 0.29) is 17.4 Å². The Morgan fingerprint density at radius 3 is 2.58 bits per heavy atom. The van der Waals surface area contributed by atoms with E-state index < -0.39 is 5.41 Å². The van der Waals surface area contributed by atoms with Gasteiger partial charge in [-0.25, -0.2) is 4.79 Å². The van der Waals surface area contributed by atoms with E-state index in [2.05, 4.69) is 26.1 Å². The molecule has 6 heteroatoms. The van der Waals surface area contributed by atoms with Crippen LogP contribution in [0, 0.1) is 5.41 Å². The second-order valence-electron chi connectivity index (χ2n) is 8.12. The molecule has 0 aromatic heterocycles. The van der Waals surface area contributed by atoms with Crippen molar-refractivity contribution in [3.8, 4) is 5.75 Å². The monoisotopic (exact) mass is 361 g/mol. The van der Waals surface area contributed by atoms with Crippen molar-refractivity contribution in [3.63, 3.8) is 0 Å². The lowest BCUT2D eigenvalue weighted by Gasteiger charge is -2.40. The number of carbonyl (C=O) groups excluding carboxylic acids is 2. The van der Waals surface area contributed by atoms with Gasteiger partial charge in [-0.05, 0) is 42.4 Å². The number of likely N-dealkylation sites (tertiary alicyclic amines) is 1. The first-order valence-corrected chi connectivity index (χ1v) is 9.17. The van der Waals surface area contributed by atoms with Gasteiger partial charge in [-0.2, -0.15) is 0 Å². The smallest absolute Gasteiger partial charge is 0.321 e. The van der Waals surface area contributed by atoms with Crippen LogP contribution in [0.25, 0.3) is 0 Å². The molecule has 6 nitrogen and oxygen atoms in total. The second kappa shape index (κ2) is 7.56. The van der Waals surface area contributed by atoms with Crippen molar-refractivity contribution in [1.29, 1.82) is 0 Å². The molecule has 1 aliphatic rings. The van der Waals surface area contributed by atoms with Crippen LogP contribution in [-0.4, -0.2) is 37.0 Å². The minimum atomic E-state index is -0.632. The Balaban J connectivity index is 2.22. The van der Waals surface area contributed by atoms with Crippen molar-refractivity contribution in [2.75, 3.05) is 25.5 Å². The summed E-state index contributed by atoms with van der Waals surface area (Å²) in [4.78, 5) is 26.4. The van der Waals surface area contributed by atoms with Gasteiger partial charge in [0, 0.05) is 13.1 Å². The van der Waals surface area contributed by atoms with E-state index >= 15 is 0 Å². The predicted molar refractivity (Wildman–Crippen MR) is 103 cm³/mol. The number of anilines is 1. The van der Waals surface area contributed by atoms with Gasteiger partial charge in [0.2, 0.25) is 5.91 Å². The van der Waals surface area contributed by atoms with Crippen molar-refractivity contribution in [2.24, 2.45) is 11.1 Å². The molecule has 2 rings (SSSR count). The third-order valence-corrected chi connectivity index (χ3v) is 5.37. The van der Waals surface area contributed by atoms with Gasteiger partial charge >= 0.3 is 6.03 Å². The summed E-state index contributed by atoms with van der Waals surface area (Å²) in [5.41, 5.74) is 6.69. The fourth-order valence-electron chi connectivity index (χ4n) is 3.44. The molecule has 0 spiro atoms. The molecule has 1 aliphatic heterocycles. The van der Waals surface area contributed by atoms with Gasteiger partial charge in [-0.1, -0.05) is 33.8 Å². The van der Waals surface area contributed by atoms with Crippen molar-refractivity contribution in [3.05, 3.63) is 23.8 Å². The van der Waals surface area contributed by atoms with E-state index in [0.29, 0.717) is 30.9 Å². The minimum Gasteiger partial charge on any atom is -0.495 e. The summed E-state index contributed by atoms with van der Waals surface area (Å²) < 4.78 is 5.39. The third-order valence-electron chi connectivity index (χ3n) is 5.37. The number of urea groups is 1. The molecule has 1 atom stereocenters. The zero-order chi connectivity index (χ0) is 19.5. The second-order valence-corrected chi connectivity index (χ2v) is 8.12. The quantitative estimate of drug-likeness (QED) is 0.861. The number of nitrogens with zero attached hydrogens (tertiary/aromatic N) is 1. The highest BCUT2D eigenvalue weighted by Crippen LogP contribution is 2.35. The number of amides is 3. The Hall–Kier alpha value is -2.24. The summed E-state index contributed by atoms with van der Waals surface area (Å²) in [6.45, 7) is 9.27. The number of rotatable bonds is 4. The van der Waals surface area contributed by atoms with Crippen LogP contribution >= 0.6 is 0 Å². The summed E-state index contributed by atoms with van der Waals surface area (Å²) in [6.07, 6.45) is 2.13. The zero-order valence-electron chi connectivity index (χ0n) is 16.5. The maximum absolute atomic E-state index is 12.8. The lowest BCUT2D eigenvalue weighted by Crippen LogP contribution is -2.52. The summed E-state index contributed by atoms with van der Waals surface area (Å²) in [7, 11) is 1.58. The predicted octanol–water partition coefficient (Wildman–Crippen LogP) is 3.50. The first kappa shape index (κ1) is 20.1. The summed E-state index contributed by atoms with van der Waals surface area (Å²) in [5, 5.41) is 2.95. The Morgan fingerprint density at radius 1 is 1.35 bits per heavy atom. The van der Waals surface area contributed by atoms with Gasteiger partial charge in [-0.3, -0.25) is 4.79 Å². The van der Waals surface area contributed by atoms with E-state index in [0.717, 1.165) is 18.4 Å². The number of benzene rings is 1. The lowest BCUT2D eigenvalue weighted by atomic mass is 9.77. The van der Waals surface area contributed by atoms with Crippen LogP contribution in [0.1, 0.15) is 52.5 Å². The Kier molecular flexibility index (Phi) is 5.84. The summed E-state index contributed by atoms with van der Waals surface area (Å²) in [6, 6.07) is 5.59. The van der Waals surface area contributed by atoms with Crippen LogP contribution in [0.15, 0.2) is 18.2 Å². The average Bonchev–Trinajstić information content (AvgIpc) is 2.60. The van der Waals surface area contributed by atoms with Crippen LogP contribution in [0.3, 0.4) is 0 Å². The topological polar surface area (TPSA) is 84.7 Å². The molecule has 0 saturated carbocycles. The number of hydrogen-bond acceptors (Lipinski definition) is 3. The molecule has 1 aromatic rings. The molecule has 144 valence electrons. The average molecular weight is 361 g/mol. The van der Waals surface area contributed by atoms with E-state index in [9.17, 15) is 9.59 Å². The molecule has 1 unspecified atom stereocenters. The molecule has 1 saturated heterocycles. The molecule has 0 bridgehead atoms. The van der Waals surface area contributed by atoms with Gasteiger partial charge in [0.05, 0.1) is 18.2 Å². The first-order chi connectivity index (χ1) is 12.1. The third kappa shape index (κ3) is 4.11. The van der Waals surface area contributed by atoms with Crippen LogP contribution in [0.5, 0.6) is 5.75 Å². The molecular formula is C20H31N3O3. The minimum absolute atomic E-state index is 0.0415. The molecule has 1 aromatic carbocycles. The normalized spacial score (nSPS) is 20.6. The van der Waals surface area contributed by atoms with E-state index in [1.807, 2.05) is 25.1 Å². The number of methoxy groups -OCH3 is 1. The van der Waals surface area contributed by atoms with Crippen molar-refractivity contribution >= 4 is 17.6 Å². The SMILES string of the molecule is CCC1(C(N)=O)CCCN(C(=O)Nc2cc(C(C)(C)C)ccc2OC)C1. The molecule has 0 aliphatic carbocycles.